The van der Waals surface area contributed by atoms with Crippen LogP contribution in [-0.4, -0.2) is 73.1 Å². The van der Waals surface area contributed by atoms with Gasteiger partial charge in [0.25, 0.3) is 0 Å². The Hall–Kier alpha value is -1.14. The van der Waals surface area contributed by atoms with Crippen LogP contribution < -0.4 is 5.32 Å². The maximum atomic E-state index is 12.1. The maximum Gasteiger partial charge on any atom is 0.306 e. The van der Waals surface area contributed by atoms with Crippen LogP contribution in [0.1, 0.15) is 25.7 Å². The SMILES string of the molecule is CN1CCC(CNCC(=O)N2CCC(C(=O)O)CC2)CC1. The van der Waals surface area contributed by atoms with Crippen molar-refractivity contribution >= 4 is 11.9 Å². The van der Waals surface area contributed by atoms with E-state index in [-0.39, 0.29) is 11.8 Å². The lowest BCUT2D eigenvalue weighted by atomic mass is 9.97. The van der Waals surface area contributed by atoms with Crippen molar-refractivity contribution in [2.45, 2.75) is 25.7 Å². The highest BCUT2D eigenvalue weighted by Gasteiger charge is 2.26. The minimum absolute atomic E-state index is 0.103. The zero-order chi connectivity index (χ0) is 15.2. The standard InChI is InChI=1S/C15H27N3O3/c1-17-6-2-12(3-7-17)10-16-11-14(19)18-8-4-13(5-9-18)15(20)21/h12-13,16H,2-11H2,1H3,(H,20,21). The number of hydrogen-bond donors (Lipinski definition) is 2. The zero-order valence-electron chi connectivity index (χ0n) is 12.9. The molecule has 0 unspecified atom stereocenters. The van der Waals surface area contributed by atoms with E-state index in [1.54, 1.807) is 4.90 Å². The lowest BCUT2D eigenvalue weighted by Crippen LogP contribution is -2.45. The zero-order valence-corrected chi connectivity index (χ0v) is 12.9. The van der Waals surface area contributed by atoms with Gasteiger partial charge in [0.05, 0.1) is 12.5 Å². The first-order valence-corrected chi connectivity index (χ1v) is 7.96. The molecule has 2 aliphatic rings. The third-order valence-corrected chi connectivity index (χ3v) is 4.74. The average molecular weight is 297 g/mol. The highest BCUT2D eigenvalue weighted by molar-refractivity contribution is 5.78. The summed E-state index contributed by atoms with van der Waals surface area (Å²) in [4.78, 5) is 27.1. The second-order valence-electron chi connectivity index (χ2n) is 6.37. The Balaban J connectivity index is 1.61. The van der Waals surface area contributed by atoms with Crippen LogP contribution >= 0.6 is 0 Å². The largest absolute Gasteiger partial charge is 0.481 e. The Morgan fingerprint density at radius 2 is 1.71 bits per heavy atom. The molecule has 2 heterocycles. The van der Waals surface area contributed by atoms with Crippen molar-refractivity contribution < 1.29 is 14.7 Å². The Labute approximate surface area is 126 Å². The Morgan fingerprint density at radius 1 is 1.10 bits per heavy atom. The Bertz CT molecular complexity index is 359. The topological polar surface area (TPSA) is 72.9 Å². The molecule has 120 valence electrons. The summed E-state index contributed by atoms with van der Waals surface area (Å²) in [6, 6.07) is 0. The molecule has 0 aliphatic carbocycles. The molecule has 2 rings (SSSR count). The van der Waals surface area contributed by atoms with Crippen molar-refractivity contribution in [1.29, 1.82) is 0 Å². The number of nitrogens with one attached hydrogen (secondary N) is 1. The third-order valence-electron chi connectivity index (χ3n) is 4.74. The Kier molecular flexibility index (Phi) is 5.99. The predicted octanol–water partition coefficient (Wildman–Crippen LogP) is 0.241. The van der Waals surface area contributed by atoms with E-state index in [0.717, 1.165) is 19.6 Å². The third kappa shape index (κ3) is 4.97. The van der Waals surface area contributed by atoms with Crippen LogP contribution in [0.2, 0.25) is 0 Å². The van der Waals surface area contributed by atoms with Crippen LogP contribution in [0.5, 0.6) is 0 Å². The lowest BCUT2D eigenvalue weighted by Gasteiger charge is -2.31. The van der Waals surface area contributed by atoms with E-state index in [1.165, 1.54) is 12.8 Å². The van der Waals surface area contributed by atoms with Gasteiger partial charge >= 0.3 is 5.97 Å². The van der Waals surface area contributed by atoms with E-state index in [9.17, 15) is 9.59 Å². The van der Waals surface area contributed by atoms with Gasteiger partial charge in [-0.25, -0.2) is 0 Å². The summed E-state index contributed by atoms with van der Waals surface area (Å²) >= 11 is 0. The summed E-state index contributed by atoms with van der Waals surface area (Å²) in [5.41, 5.74) is 0. The van der Waals surface area contributed by atoms with Crippen LogP contribution in [0.4, 0.5) is 0 Å². The van der Waals surface area contributed by atoms with Crippen molar-refractivity contribution in [1.82, 2.24) is 15.1 Å². The van der Waals surface area contributed by atoms with Gasteiger partial charge in [-0.2, -0.15) is 0 Å². The van der Waals surface area contributed by atoms with Crippen LogP contribution in [0.15, 0.2) is 0 Å². The minimum atomic E-state index is -0.734. The smallest absolute Gasteiger partial charge is 0.306 e. The summed E-state index contributed by atoms with van der Waals surface area (Å²) in [6.45, 7) is 4.72. The van der Waals surface area contributed by atoms with Crippen molar-refractivity contribution in [2.24, 2.45) is 11.8 Å². The molecule has 6 nitrogen and oxygen atoms in total. The first-order chi connectivity index (χ1) is 10.1. The van der Waals surface area contributed by atoms with Gasteiger partial charge in [0.15, 0.2) is 0 Å². The highest BCUT2D eigenvalue weighted by atomic mass is 16.4. The number of carboxylic acids is 1. The van der Waals surface area contributed by atoms with E-state index in [1.807, 2.05) is 0 Å². The molecular formula is C15H27N3O3. The summed E-state index contributed by atoms with van der Waals surface area (Å²) in [6.07, 6.45) is 3.55. The monoisotopic (exact) mass is 297 g/mol. The molecule has 0 bridgehead atoms. The molecule has 2 fully saturated rings. The number of hydrogen-bond acceptors (Lipinski definition) is 4. The van der Waals surface area contributed by atoms with Crippen LogP contribution in [0, 0.1) is 11.8 Å². The molecule has 2 N–H and O–H groups in total. The van der Waals surface area contributed by atoms with Crippen molar-refractivity contribution in [3.05, 3.63) is 0 Å². The molecule has 2 saturated heterocycles. The number of nitrogens with zero attached hydrogens (tertiary/aromatic N) is 2. The van der Waals surface area contributed by atoms with Crippen molar-refractivity contribution in [3.63, 3.8) is 0 Å². The summed E-state index contributed by atoms with van der Waals surface area (Å²) in [7, 11) is 2.15. The van der Waals surface area contributed by atoms with E-state index >= 15 is 0 Å². The molecule has 0 spiro atoms. The van der Waals surface area contributed by atoms with Crippen LogP contribution in [0.3, 0.4) is 0 Å². The molecule has 0 saturated carbocycles. The fourth-order valence-corrected chi connectivity index (χ4v) is 3.14. The van der Waals surface area contributed by atoms with E-state index < -0.39 is 5.97 Å². The van der Waals surface area contributed by atoms with Gasteiger partial charge in [0.1, 0.15) is 0 Å². The number of carbonyl (C=O) groups excluding carboxylic acids is 1. The predicted molar refractivity (Wildman–Crippen MR) is 80.0 cm³/mol. The quantitative estimate of drug-likeness (QED) is 0.760. The van der Waals surface area contributed by atoms with E-state index in [0.29, 0.717) is 38.4 Å². The normalized spacial score (nSPS) is 22.4. The molecule has 0 aromatic rings. The fraction of sp³-hybridized carbons (Fsp3) is 0.867. The maximum absolute atomic E-state index is 12.1. The summed E-state index contributed by atoms with van der Waals surface area (Å²) < 4.78 is 0. The molecule has 0 aromatic carbocycles. The van der Waals surface area contributed by atoms with Gasteiger partial charge in [-0.05, 0) is 58.3 Å². The minimum Gasteiger partial charge on any atom is -0.481 e. The van der Waals surface area contributed by atoms with Crippen LogP contribution in [-0.2, 0) is 9.59 Å². The van der Waals surface area contributed by atoms with Crippen molar-refractivity contribution in [2.75, 3.05) is 46.3 Å². The lowest BCUT2D eigenvalue weighted by molar-refractivity contribution is -0.145. The molecule has 0 radical (unpaired) electrons. The molecule has 21 heavy (non-hydrogen) atoms. The van der Waals surface area contributed by atoms with Gasteiger partial charge in [-0.3, -0.25) is 9.59 Å². The number of carboxylic acid groups (broad SMARTS) is 1. The number of rotatable bonds is 5. The Morgan fingerprint density at radius 3 is 2.29 bits per heavy atom. The van der Waals surface area contributed by atoms with Gasteiger partial charge in [0.2, 0.25) is 5.91 Å². The van der Waals surface area contributed by atoms with E-state index in [2.05, 4.69) is 17.3 Å². The fourth-order valence-electron chi connectivity index (χ4n) is 3.14. The second kappa shape index (κ2) is 7.75. The average Bonchev–Trinajstić information content (AvgIpc) is 2.49. The van der Waals surface area contributed by atoms with Gasteiger partial charge in [-0.1, -0.05) is 0 Å². The number of likely N-dealkylation sites (tertiary alicyclic amines) is 2. The molecule has 2 aliphatic heterocycles. The second-order valence-corrected chi connectivity index (χ2v) is 6.37. The number of aliphatic carboxylic acids is 1. The van der Waals surface area contributed by atoms with Crippen LogP contribution in [0.25, 0.3) is 0 Å². The molecule has 1 amide bonds. The molecular weight excluding hydrogens is 270 g/mol. The number of amides is 1. The van der Waals surface area contributed by atoms with Gasteiger partial charge < -0.3 is 20.2 Å². The molecule has 6 heteroatoms. The first kappa shape index (κ1) is 16.2. The number of piperidine rings is 2. The van der Waals surface area contributed by atoms with Gasteiger partial charge in [-0.15, -0.1) is 0 Å². The highest BCUT2D eigenvalue weighted by Crippen LogP contribution is 2.17. The summed E-state index contributed by atoms with van der Waals surface area (Å²) in [5, 5.41) is 12.2. The van der Waals surface area contributed by atoms with Gasteiger partial charge in [0, 0.05) is 13.1 Å². The summed E-state index contributed by atoms with van der Waals surface area (Å²) in [5.74, 6) is -0.234. The number of carbonyl (C=O) groups is 2. The first-order valence-electron chi connectivity index (χ1n) is 7.96. The molecule has 0 atom stereocenters. The van der Waals surface area contributed by atoms with Crippen molar-refractivity contribution in [3.8, 4) is 0 Å². The molecule has 0 aromatic heterocycles. The van der Waals surface area contributed by atoms with E-state index in [4.69, 9.17) is 5.11 Å².